The van der Waals surface area contributed by atoms with E-state index in [0.717, 1.165) is 15.2 Å². The van der Waals surface area contributed by atoms with E-state index in [0.29, 0.717) is 11.4 Å². The van der Waals surface area contributed by atoms with Crippen LogP contribution in [0.15, 0.2) is 117 Å². The van der Waals surface area contributed by atoms with Crippen LogP contribution in [0.25, 0.3) is 10.8 Å². The third kappa shape index (κ3) is 6.81. The Morgan fingerprint density at radius 1 is 0.865 bits per heavy atom. The number of halogens is 1. The first-order chi connectivity index (χ1) is 17.8. The average Bonchev–Trinajstić information content (AvgIpc) is 2.92. The number of hydrogen-bond donors (Lipinski definition) is 2. The van der Waals surface area contributed by atoms with E-state index in [1.807, 2.05) is 36.4 Å². The Hall–Kier alpha value is -4.02. The molecule has 8 nitrogen and oxygen atoms in total. The summed E-state index contributed by atoms with van der Waals surface area (Å²) in [6, 6.07) is 28.2. The van der Waals surface area contributed by atoms with Crippen LogP contribution in [0.1, 0.15) is 6.92 Å². The summed E-state index contributed by atoms with van der Waals surface area (Å²) < 4.78 is 33.1. The van der Waals surface area contributed by atoms with Crippen LogP contribution in [0.4, 0.5) is 5.69 Å². The first-order valence-corrected chi connectivity index (χ1v) is 13.4. The molecule has 0 spiro atoms. The first-order valence-electron chi connectivity index (χ1n) is 11.2. The van der Waals surface area contributed by atoms with Crippen LogP contribution in [0.5, 0.6) is 5.75 Å². The van der Waals surface area contributed by atoms with Crippen LogP contribution in [0, 0.1) is 0 Å². The normalized spacial score (nSPS) is 12.3. The first kappa shape index (κ1) is 26.1. The Labute approximate surface area is 223 Å². The zero-order valence-electron chi connectivity index (χ0n) is 19.8. The van der Waals surface area contributed by atoms with Gasteiger partial charge in [0.25, 0.3) is 5.91 Å². The lowest BCUT2D eigenvalue weighted by Crippen LogP contribution is -2.30. The van der Waals surface area contributed by atoms with Gasteiger partial charge in [0.05, 0.1) is 16.3 Å². The third-order valence-electron chi connectivity index (χ3n) is 5.19. The van der Waals surface area contributed by atoms with Crippen molar-refractivity contribution in [2.75, 3.05) is 12.0 Å². The van der Waals surface area contributed by atoms with Crippen LogP contribution in [0.3, 0.4) is 0 Å². The zero-order valence-corrected chi connectivity index (χ0v) is 22.2. The molecule has 0 aromatic heterocycles. The summed E-state index contributed by atoms with van der Waals surface area (Å²) in [5.41, 5.74) is 5.66. The fraction of sp³-hybridized carbons (Fsp3) is 0.0741. The van der Waals surface area contributed by atoms with Gasteiger partial charge in [0.1, 0.15) is 5.75 Å². The molecule has 0 aliphatic heterocycles. The van der Waals surface area contributed by atoms with Gasteiger partial charge in [-0.1, -0.05) is 64.5 Å². The van der Waals surface area contributed by atoms with E-state index in [1.54, 1.807) is 48.5 Å². The fourth-order valence-electron chi connectivity index (χ4n) is 3.32. The predicted octanol–water partition coefficient (Wildman–Crippen LogP) is 5.37. The van der Waals surface area contributed by atoms with Gasteiger partial charge >= 0.3 is 0 Å². The molecule has 0 aliphatic carbocycles. The highest BCUT2D eigenvalue weighted by atomic mass is 79.9. The molecule has 0 heterocycles. The van der Waals surface area contributed by atoms with Gasteiger partial charge in [-0.25, -0.2) is 13.8 Å². The minimum Gasteiger partial charge on any atom is -0.484 e. The Morgan fingerprint density at radius 2 is 1.54 bits per heavy atom. The molecule has 0 unspecified atom stereocenters. The maximum Gasteiger partial charge on any atom is 0.277 e. The second kappa shape index (κ2) is 11.8. The van der Waals surface area contributed by atoms with Crippen molar-refractivity contribution in [2.45, 2.75) is 11.8 Å². The van der Waals surface area contributed by atoms with Crippen molar-refractivity contribution in [2.24, 2.45) is 10.2 Å². The second-order valence-electron chi connectivity index (χ2n) is 7.88. The maximum atomic E-state index is 13.3. The summed E-state index contributed by atoms with van der Waals surface area (Å²) >= 11 is 3.35. The summed E-state index contributed by atoms with van der Waals surface area (Å²) in [7, 11) is -4.04. The maximum absolute atomic E-state index is 13.3. The number of sulfone groups is 1. The Balaban J connectivity index is 1.50. The standard InChI is InChI=1S/C27H23BrN4O4S/c1-19(29-31-26(33)18-36-24-16-11-20-7-5-6-8-21(20)17-24)27(32-30-23-14-12-22(28)13-15-23)37(34,35)25-9-3-2-4-10-25/h2-17,30H,18H2,1H3,(H,31,33)/b29-19+,32-27+. The van der Waals surface area contributed by atoms with Gasteiger partial charge in [-0.2, -0.15) is 10.2 Å². The van der Waals surface area contributed by atoms with Crippen molar-refractivity contribution in [3.05, 3.63) is 102 Å². The van der Waals surface area contributed by atoms with Gasteiger partial charge in [-0.15, -0.1) is 0 Å². The molecule has 10 heteroatoms. The Kier molecular flexibility index (Phi) is 8.32. The molecule has 0 fully saturated rings. The van der Waals surface area contributed by atoms with Crippen molar-refractivity contribution < 1.29 is 17.9 Å². The number of amides is 1. The average molecular weight is 579 g/mol. The van der Waals surface area contributed by atoms with Crippen LogP contribution < -0.4 is 15.6 Å². The molecule has 0 atom stereocenters. The Bertz CT molecular complexity index is 1570. The molecule has 4 aromatic rings. The van der Waals surface area contributed by atoms with Gasteiger partial charge in [0, 0.05) is 4.47 Å². The highest BCUT2D eigenvalue weighted by molar-refractivity contribution is 9.10. The smallest absolute Gasteiger partial charge is 0.277 e. The molecular formula is C27H23BrN4O4S. The number of carbonyl (C=O) groups excluding carboxylic acids is 1. The topological polar surface area (TPSA) is 109 Å². The summed E-state index contributed by atoms with van der Waals surface area (Å²) in [6.45, 7) is 1.15. The summed E-state index contributed by atoms with van der Waals surface area (Å²) in [5.74, 6) is -0.0213. The van der Waals surface area contributed by atoms with E-state index in [4.69, 9.17) is 4.74 Å². The fourth-order valence-corrected chi connectivity index (χ4v) is 4.92. The van der Waals surface area contributed by atoms with Crippen molar-refractivity contribution in [1.82, 2.24) is 5.43 Å². The number of benzene rings is 4. The van der Waals surface area contributed by atoms with Gasteiger partial charge in [-0.05, 0) is 66.2 Å². The molecule has 4 rings (SSSR count). The highest BCUT2D eigenvalue weighted by Gasteiger charge is 2.26. The molecule has 0 saturated heterocycles. The highest BCUT2D eigenvalue weighted by Crippen LogP contribution is 2.20. The number of nitrogens with one attached hydrogen (secondary N) is 2. The van der Waals surface area contributed by atoms with Crippen LogP contribution >= 0.6 is 15.9 Å². The molecular weight excluding hydrogens is 556 g/mol. The van der Waals surface area contributed by atoms with E-state index < -0.39 is 15.7 Å². The second-order valence-corrected chi connectivity index (χ2v) is 10.7. The van der Waals surface area contributed by atoms with Gasteiger partial charge in [-0.3, -0.25) is 10.2 Å². The minimum atomic E-state index is -4.04. The zero-order chi connectivity index (χ0) is 26.3. The number of carbonyl (C=O) groups is 1. The van der Waals surface area contributed by atoms with E-state index in [-0.39, 0.29) is 22.3 Å². The lowest BCUT2D eigenvalue weighted by atomic mass is 10.1. The van der Waals surface area contributed by atoms with Crippen molar-refractivity contribution >= 4 is 58.9 Å². The van der Waals surface area contributed by atoms with E-state index in [1.165, 1.54) is 19.1 Å². The number of fused-ring (bicyclic) bond motifs is 1. The Morgan fingerprint density at radius 3 is 2.27 bits per heavy atom. The molecule has 0 bridgehead atoms. The van der Waals surface area contributed by atoms with Crippen molar-refractivity contribution in [3.8, 4) is 5.75 Å². The molecule has 188 valence electrons. The van der Waals surface area contributed by atoms with Gasteiger partial charge < -0.3 is 4.74 Å². The van der Waals surface area contributed by atoms with Crippen LogP contribution in [0.2, 0.25) is 0 Å². The van der Waals surface area contributed by atoms with Crippen molar-refractivity contribution in [1.29, 1.82) is 0 Å². The molecule has 1 amide bonds. The SMILES string of the molecule is CC(=N\NC(=O)COc1ccc2ccccc2c1)/C(=N\Nc1ccc(Br)cc1)S(=O)(=O)c1ccccc1. The number of rotatable bonds is 8. The lowest BCUT2D eigenvalue weighted by Gasteiger charge is -2.10. The van der Waals surface area contributed by atoms with E-state index in [2.05, 4.69) is 37.0 Å². The lowest BCUT2D eigenvalue weighted by molar-refractivity contribution is -0.123. The monoisotopic (exact) mass is 578 g/mol. The number of hydrazone groups is 2. The largest absolute Gasteiger partial charge is 0.484 e. The van der Waals surface area contributed by atoms with Crippen molar-refractivity contribution in [3.63, 3.8) is 0 Å². The molecule has 2 N–H and O–H groups in total. The number of ether oxygens (including phenoxy) is 1. The van der Waals surface area contributed by atoms with Gasteiger partial charge in [0.15, 0.2) is 6.61 Å². The quantitative estimate of drug-likeness (QED) is 0.166. The molecule has 0 saturated carbocycles. The van der Waals surface area contributed by atoms with E-state index in [9.17, 15) is 13.2 Å². The van der Waals surface area contributed by atoms with E-state index >= 15 is 0 Å². The summed E-state index contributed by atoms with van der Waals surface area (Å²) in [5, 5.41) is 9.81. The molecule has 37 heavy (non-hydrogen) atoms. The molecule has 4 aromatic carbocycles. The van der Waals surface area contributed by atoms with Gasteiger partial charge in [0.2, 0.25) is 14.9 Å². The molecule has 0 aliphatic rings. The number of nitrogens with zero attached hydrogens (tertiary/aromatic N) is 2. The number of hydrogen-bond acceptors (Lipinski definition) is 7. The number of anilines is 1. The molecule has 0 radical (unpaired) electrons. The predicted molar refractivity (Wildman–Crippen MR) is 150 cm³/mol. The van der Waals surface area contributed by atoms with Crippen LogP contribution in [-0.4, -0.2) is 31.7 Å². The summed E-state index contributed by atoms with van der Waals surface area (Å²) in [6.07, 6.45) is 0. The summed E-state index contributed by atoms with van der Waals surface area (Å²) in [4.78, 5) is 12.4. The third-order valence-corrected chi connectivity index (χ3v) is 7.50. The minimum absolute atomic E-state index is 0.00693. The van der Waals surface area contributed by atoms with Crippen LogP contribution in [-0.2, 0) is 14.6 Å².